The Bertz CT molecular complexity index is 201. The van der Waals surface area contributed by atoms with Crippen LogP contribution in [0.5, 0.6) is 0 Å². The minimum atomic E-state index is 0.0917. The highest BCUT2D eigenvalue weighted by Crippen LogP contribution is 2.33. The van der Waals surface area contributed by atoms with Crippen molar-refractivity contribution in [3.05, 3.63) is 0 Å². The molecule has 2 unspecified atom stereocenters. The van der Waals surface area contributed by atoms with Gasteiger partial charge in [-0.1, -0.05) is 6.92 Å². The predicted molar refractivity (Wildman–Crippen MR) is 57.8 cm³/mol. The Labute approximate surface area is 86.6 Å². The first kappa shape index (κ1) is 11.5. The van der Waals surface area contributed by atoms with Crippen LogP contribution in [0.15, 0.2) is 0 Å². The van der Waals surface area contributed by atoms with E-state index in [1.807, 2.05) is 11.9 Å². The molecule has 0 bridgehead atoms. The average molecular weight is 198 g/mol. The Morgan fingerprint density at radius 2 is 2.14 bits per heavy atom. The Kier molecular flexibility index (Phi) is 3.93. The number of hydrogen-bond donors (Lipinski definition) is 1. The van der Waals surface area contributed by atoms with E-state index >= 15 is 0 Å². The lowest BCUT2D eigenvalue weighted by Gasteiger charge is -2.25. The lowest BCUT2D eigenvalue weighted by Crippen LogP contribution is -2.38. The molecule has 2 atom stereocenters. The van der Waals surface area contributed by atoms with Crippen LogP contribution in [0, 0.1) is 5.92 Å². The zero-order valence-electron chi connectivity index (χ0n) is 9.49. The summed E-state index contributed by atoms with van der Waals surface area (Å²) in [6.07, 6.45) is 3.94. The first-order valence-electron chi connectivity index (χ1n) is 5.57. The lowest BCUT2D eigenvalue weighted by molar-refractivity contribution is -0.132. The van der Waals surface area contributed by atoms with Gasteiger partial charge < -0.3 is 10.6 Å². The number of nitrogens with two attached hydrogens (primary N) is 1. The molecule has 3 heteroatoms. The fourth-order valence-electron chi connectivity index (χ4n) is 1.56. The standard InChI is InChI=1S/C11H22N2O/c1-4-8(2)13(3)11(14)7-10(12)9-5-6-9/h8-10H,4-7,12H2,1-3H3. The SMILES string of the molecule is CCC(C)N(C)C(=O)CC(N)C1CC1. The van der Waals surface area contributed by atoms with Gasteiger partial charge in [-0.05, 0) is 32.1 Å². The quantitative estimate of drug-likeness (QED) is 0.725. The second-order valence-corrected chi connectivity index (χ2v) is 4.47. The average Bonchev–Trinajstić information content (AvgIpc) is 2.98. The van der Waals surface area contributed by atoms with E-state index in [1.165, 1.54) is 12.8 Å². The van der Waals surface area contributed by atoms with Gasteiger partial charge in [-0.3, -0.25) is 4.79 Å². The van der Waals surface area contributed by atoms with Gasteiger partial charge in [0.15, 0.2) is 0 Å². The number of rotatable bonds is 5. The van der Waals surface area contributed by atoms with Gasteiger partial charge in [-0.2, -0.15) is 0 Å². The third-order valence-electron chi connectivity index (χ3n) is 3.28. The van der Waals surface area contributed by atoms with E-state index in [-0.39, 0.29) is 11.9 Å². The fourth-order valence-corrected chi connectivity index (χ4v) is 1.56. The summed E-state index contributed by atoms with van der Waals surface area (Å²) in [5.41, 5.74) is 5.91. The molecule has 0 aromatic carbocycles. The molecular formula is C11H22N2O. The van der Waals surface area contributed by atoms with E-state index in [9.17, 15) is 4.79 Å². The van der Waals surface area contributed by atoms with Crippen molar-refractivity contribution in [1.82, 2.24) is 4.90 Å². The normalized spacial score (nSPS) is 20.3. The van der Waals surface area contributed by atoms with Crippen molar-refractivity contribution in [3.63, 3.8) is 0 Å². The second kappa shape index (κ2) is 4.78. The smallest absolute Gasteiger partial charge is 0.224 e. The zero-order valence-corrected chi connectivity index (χ0v) is 9.49. The zero-order chi connectivity index (χ0) is 10.7. The van der Waals surface area contributed by atoms with Gasteiger partial charge >= 0.3 is 0 Å². The highest BCUT2D eigenvalue weighted by Gasteiger charge is 2.30. The van der Waals surface area contributed by atoms with Crippen LogP contribution in [0.25, 0.3) is 0 Å². The van der Waals surface area contributed by atoms with Gasteiger partial charge in [-0.25, -0.2) is 0 Å². The number of hydrogen-bond acceptors (Lipinski definition) is 2. The Hall–Kier alpha value is -0.570. The molecule has 1 rings (SSSR count). The van der Waals surface area contributed by atoms with Crippen LogP contribution in [0.4, 0.5) is 0 Å². The Balaban J connectivity index is 2.32. The summed E-state index contributed by atoms with van der Waals surface area (Å²) in [6.45, 7) is 4.16. The van der Waals surface area contributed by atoms with E-state index in [2.05, 4.69) is 13.8 Å². The fraction of sp³-hybridized carbons (Fsp3) is 0.909. The summed E-state index contributed by atoms with van der Waals surface area (Å²) in [7, 11) is 1.87. The van der Waals surface area contributed by atoms with Crippen molar-refractivity contribution in [3.8, 4) is 0 Å². The van der Waals surface area contributed by atoms with E-state index in [0.29, 0.717) is 18.4 Å². The highest BCUT2D eigenvalue weighted by atomic mass is 16.2. The van der Waals surface area contributed by atoms with Gasteiger partial charge in [0.1, 0.15) is 0 Å². The third kappa shape index (κ3) is 2.98. The molecule has 82 valence electrons. The van der Waals surface area contributed by atoms with Crippen LogP contribution in [-0.2, 0) is 4.79 Å². The molecule has 1 fully saturated rings. The van der Waals surface area contributed by atoms with Crippen molar-refractivity contribution in [1.29, 1.82) is 0 Å². The molecule has 0 aromatic heterocycles. The Morgan fingerprint density at radius 1 is 1.57 bits per heavy atom. The minimum absolute atomic E-state index is 0.0917. The minimum Gasteiger partial charge on any atom is -0.343 e. The third-order valence-corrected chi connectivity index (χ3v) is 3.28. The number of carbonyl (C=O) groups excluding carboxylic acids is 1. The maximum Gasteiger partial charge on any atom is 0.224 e. The molecule has 0 saturated heterocycles. The van der Waals surface area contributed by atoms with Gasteiger partial charge in [0, 0.05) is 25.6 Å². The van der Waals surface area contributed by atoms with E-state index in [4.69, 9.17) is 5.73 Å². The van der Waals surface area contributed by atoms with Crippen molar-refractivity contribution in [2.45, 2.75) is 51.6 Å². The molecular weight excluding hydrogens is 176 g/mol. The predicted octanol–water partition coefficient (Wildman–Crippen LogP) is 1.37. The summed E-state index contributed by atoms with van der Waals surface area (Å²) in [6, 6.07) is 0.419. The molecule has 14 heavy (non-hydrogen) atoms. The Morgan fingerprint density at radius 3 is 2.57 bits per heavy atom. The van der Waals surface area contributed by atoms with Crippen molar-refractivity contribution < 1.29 is 4.79 Å². The number of amides is 1. The molecule has 1 aliphatic rings. The van der Waals surface area contributed by atoms with E-state index in [1.54, 1.807) is 0 Å². The van der Waals surface area contributed by atoms with Crippen LogP contribution < -0.4 is 5.73 Å². The molecule has 0 aliphatic heterocycles. The second-order valence-electron chi connectivity index (χ2n) is 4.47. The maximum absolute atomic E-state index is 11.7. The monoisotopic (exact) mass is 198 g/mol. The van der Waals surface area contributed by atoms with Crippen LogP contribution >= 0.6 is 0 Å². The molecule has 0 heterocycles. The van der Waals surface area contributed by atoms with Crippen LogP contribution in [0.2, 0.25) is 0 Å². The summed E-state index contributed by atoms with van der Waals surface area (Å²) in [5.74, 6) is 0.808. The van der Waals surface area contributed by atoms with Crippen LogP contribution in [0.3, 0.4) is 0 Å². The van der Waals surface area contributed by atoms with Crippen molar-refractivity contribution in [2.24, 2.45) is 11.7 Å². The van der Waals surface area contributed by atoms with Gasteiger partial charge in [0.25, 0.3) is 0 Å². The largest absolute Gasteiger partial charge is 0.343 e. The highest BCUT2D eigenvalue weighted by molar-refractivity contribution is 5.76. The summed E-state index contributed by atoms with van der Waals surface area (Å²) < 4.78 is 0. The molecule has 1 amide bonds. The molecule has 0 radical (unpaired) electrons. The molecule has 1 saturated carbocycles. The topological polar surface area (TPSA) is 46.3 Å². The first-order valence-corrected chi connectivity index (χ1v) is 5.57. The molecule has 0 aromatic rings. The maximum atomic E-state index is 11.7. The van der Waals surface area contributed by atoms with Crippen molar-refractivity contribution >= 4 is 5.91 Å². The van der Waals surface area contributed by atoms with E-state index in [0.717, 1.165) is 6.42 Å². The molecule has 2 N–H and O–H groups in total. The van der Waals surface area contributed by atoms with Crippen molar-refractivity contribution in [2.75, 3.05) is 7.05 Å². The van der Waals surface area contributed by atoms with Gasteiger partial charge in [0.2, 0.25) is 5.91 Å². The van der Waals surface area contributed by atoms with Gasteiger partial charge in [0.05, 0.1) is 0 Å². The molecule has 1 aliphatic carbocycles. The van der Waals surface area contributed by atoms with Gasteiger partial charge in [-0.15, -0.1) is 0 Å². The number of carbonyl (C=O) groups is 1. The number of nitrogens with zero attached hydrogens (tertiary/aromatic N) is 1. The summed E-state index contributed by atoms with van der Waals surface area (Å²) in [4.78, 5) is 13.6. The molecule has 0 spiro atoms. The molecule has 3 nitrogen and oxygen atoms in total. The summed E-state index contributed by atoms with van der Waals surface area (Å²) >= 11 is 0. The van der Waals surface area contributed by atoms with Crippen LogP contribution in [-0.4, -0.2) is 29.9 Å². The lowest BCUT2D eigenvalue weighted by atomic mass is 10.1. The summed E-state index contributed by atoms with van der Waals surface area (Å²) in [5, 5.41) is 0. The first-order chi connectivity index (χ1) is 6.56. The van der Waals surface area contributed by atoms with E-state index < -0.39 is 0 Å². The van der Waals surface area contributed by atoms with Crippen LogP contribution in [0.1, 0.15) is 39.5 Å².